The maximum Gasteiger partial charge on any atom is 0.123 e. The van der Waals surface area contributed by atoms with Gasteiger partial charge in [0.25, 0.3) is 0 Å². The zero-order valence-electron chi connectivity index (χ0n) is 12.7. The van der Waals surface area contributed by atoms with E-state index in [-0.39, 0.29) is 17.2 Å². The van der Waals surface area contributed by atoms with Crippen molar-refractivity contribution >= 4 is 23.4 Å². The Morgan fingerprint density at radius 1 is 1.48 bits per heavy atom. The normalized spacial score (nSPS) is 18.6. The minimum absolute atomic E-state index is 0.0251. The van der Waals surface area contributed by atoms with E-state index in [0.29, 0.717) is 18.0 Å². The van der Waals surface area contributed by atoms with E-state index in [2.05, 4.69) is 10.00 Å². The Bertz CT molecular complexity index is 698. The van der Waals surface area contributed by atoms with Crippen molar-refractivity contribution in [3.63, 3.8) is 0 Å². The van der Waals surface area contributed by atoms with E-state index in [1.165, 1.54) is 6.07 Å². The van der Waals surface area contributed by atoms with E-state index in [9.17, 15) is 4.39 Å². The van der Waals surface area contributed by atoms with E-state index >= 15 is 0 Å². The van der Waals surface area contributed by atoms with Crippen molar-refractivity contribution in [1.82, 2.24) is 14.7 Å². The standard InChI is InChI=1S/C16H18ClFN4S/c1-21-15(14(17)10-20-21)16-22(5-6-23-16)13(9-19)8-11-3-2-4-12(18)7-11/h2-7,10,13,16H,8-9,19H2,1H3/t13-,16?/m0/s1. The minimum atomic E-state index is -0.226. The zero-order valence-corrected chi connectivity index (χ0v) is 14.3. The summed E-state index contributed by atoms with van der Waals surface area (Å²) >= 11 is 7.95. The second-order valence-electron chi connectivity index (χ2n) is 5.45. The molecular weight excluding hydrogens is 335 g/mol. The Balaban J connectivity index is 1.83. The van der Waals surface area contributed by atoms with Crippen LogP contribution in [0.3, 0.4) is 0 Å². The van der Waals surface area contributed by atoms with Gasteiger partial charge in [-0.05, 0) is 29.5 Å². The Labute approximate surface area is 144 Å². The average molecular weight is 353 g/mol. The van der Waals surface area contributed by atoms with Crippen LogP contribution in [0.2, 0.25) is 5.02 Å². The third kappa shape index (κ3) is 3.39. The van der Waals surface area contributed by atoms with E-state index < -0.39 is 0 Å². The fourth-order valence-corrected chi connectivity index (χ4v) is 4.28. The summed E-state index contributed by atoms with van der Waals surface area (Å²) in [6, 6.07) is 6.71. The first-order valence-electron chi connectivity index (χ1n) is 7.31. The summed E-state index contributed by atoms with van der Waals surface area (Å²) in [7, 11) is 1.88. The largest absolute Gasteiger partial charge is 0.355 e. The minimum Gasteiger partial charge on any atom is -0.355 e. The summed E-state index contributed by atoms with van der Waals surface area (Å²) in [5.74, 6) is -0.226. The fraction of sp³-hybridized carbons (Fsp3) is 0.312. The van der Waals surface area contributed by atoms with E-state index in [0.717, 1.165) is 11.3 Å². The van der Waals surface area contributed by atoms with Gasteiger partial charge in [0.2, 0.25) is 0 Å². The number of hydrogen-bond acceptors (Lipinski definition) is 4. The van der Waals surface area contributed by atoms with Crippen LogP contribution in [0.5, 0.6) is 0 Å². The van der Waals surface area contributed by atoms with E-state index in [4.69, 9.17) is 17.3 Å². The molecule has 2 N–H and O–H groups in total. The summed E-state index contributed by atoms with van der Waals surface area (Å²) in [4.78, 5) is 2.18. The van der Waals surface area contributed by atoms with Crippen molar-refractivity contribution in [1.29, 1.82) is 0 Å². The van der Waals surface area contributed by atoms with Crippen LogP contribution in [0.15, 0.2) is 42.1 Å². The number of benzene rings is 1. The van der Waals surface area contributed by atoms with Crippen molar-refractivity contribution in [2.75, 3.05) is 6.54 Å². The highest BCUT2D eigenvalue weighted by molar-refractivity contribution is 8.02. The summed E-state index contributed by atoms with van der Waals surface area (Å²) in [6.45, 7) is 0.466. The summed E-state index contributed by atoms with van der Waals surface area (Å²) in [6.07, 6.45) is 4.35. The smallest absolute Gasteiger partial charge is 0.123 e. The molecule has 4 nitrogen and oxygen atoms in total. The molecule has 0 spiro atoms. The molecule has 2 atom stereocenters. The summed E-state index contributed by atoms with van der Waals surface area (Å²) in [5.41, 5.74) is 7.87. The predicted octanol–water partition coefficient (Wildman–Crippen LogP) is 3.30. The molecular formula is C16H18ClFN4S. The van der Waals surface area contributed by atoms with Crippen molar-refractivity contribution < 1.29 is 4.39 Å². The molecule has 0 saturated heterocycles. The van der Waals surface area contributed by atoms with Gasteiger partial charge >= 0.3 is 0 Å². The third-order valence-corrected chi connectivity index (χ3v) is 5.23. The van der Waals surface area contributed by atoms with Gasteiger partial charge in [-0.25, -0.2) is 4.39 Å². The highest BCUT2D eigenvalue weighted by Crippen LogP contribution is 2.42. The Morgan fingerprint density at radius 2 is 2.30 bits per heavy atom. The van der Waals surface area contributed by atoms with Crippen LogP contribution in [0.4, 0.5) is 4.39 Å². The van der Waals surface area contributed by atoms with Crippen LogP contribution in [-0.4, -0.2) is 27.3 Å². The van der Waals surface area contributed by atoms with Crippen LogP contribution in [0.25, 0.3) is 0 Å². The van der Waals surface area contributed by atoms with E-state index in [1.807, 2.05) is 24.7 Å². The molecule has 0 amide bonds. The second kappa shape index (κ2) is 6.95. The SMILES string of the molecule is Cn1ncc(Cl)c1C1SC=CN1[C@H](CN)Cc1cccc(F)c1. The molecule has 0 bridgehead atoms. The highest BCUT2D eigenvalue weighted by atomic mass is 35.5. The highest BCUT2D eigenvalue weighted by Gasteiger charge is 2.31. The predicted molar refractivity (Wildman–Crippen MR) is 92.5 cm³/mol. The zero-order chi connectivity index (χ0) is 16.4. The van der Waals surface area contributed by atoms with Crippen LogP contribution in [0.1, 0.15) is 16.6 Å². The fourth-order valence-electron chi connectivity index (χ4n) is 2.79. The van der Waals surface area contributed by atoms with Gasteiger partial charge in [-0.1, -0.05) is 23.7 Å². The van der Waals surface area contributed by atoms with Gasteiger partial charge in [0, 0.05) is 25.8 Å². The van der Waals surface area contributed by atoms with Gasteiger partial charge in [0.15, 0.2) is 0 Å². The lowest BCUT2D eigenvalue weighted by molar-refractivity contribution is 0.263. The van der Waals surface area contributed by atoms with Crippen molar-refractivity contribution in [3.8, 4) is 0 Å². The van der Waals surface area contributed by atoms with Gasteiger partial charge in [0.1, 0.15) is 11.2 Å². The molecule has 3 rings (SSSR count). The molecule has 0 aliphatic carbocycles. The number of halogens is 2. The van der Waals surface area contributed by atoms with Crippen LogP contribution >= 0.6 is 23.4 Å². The molecule has 2 heterocycles. The second-order valence-corrected chi connectivity index (χ2v) is 6.84. The van der Waals surface area contributed by atoms with Crippen molar-refractivity contribution in [2.24, 2.45) is 12.8 Å². The number of aryl methyl sites for hydroxylation is 1. The molecule has 2 aromatic rings. The van der Waals surface area contributed by atoms with Crippen molar-refractivity contribution in [2.45, 2.75) is 17.8 Å². The molecule has 0 radical (unpaired) electrons. The lowest BCUT2D eigenvalue weighted by atomic mass is 10.0. The molecule has 0 saturated carbocycles. The number of thioether (sulfide) groups is 1. The summed E-state index contributed by atoms with van der Waals surface area (Å²) in [5, 5.41) is 6.91. The lowest BCUT2D eigenvalue weighted by Crippen LogP contribution is -2.39. The van der Waals surface area contributed by atoms with E-state index in [1.54, 1.807) is 34.8 Å². The number of nitrogens with two attached hydrogens (primary N) is 1. The molecule has 0 fully saturated rings. The van der Waals surface area contributed by atoms with Crippen LogP contribution in [-0.2, 0) is 13.5 Å². The lowest BCUT2D eigenvalue weighted by Gasteiger charge is -2.33. The Kier molecular flexibility index (Phi) is 4.94. The Hall–Kier alpha value is -1.50. The first-order valence-corrected chi connectivity index (χ1v) is 8.63. The summed E-state index contributed by atoms with van der Waals surface area (Å²) < 4.78 is 15.2. The number of aromatic nitrogens is 2. The molecule has 7 heteroatoms. The molecule has 122 valence electrons. The molecule has 23 heavy (non-hydrogen) atoms. The maximum absolute atomic E-state index is 13.4. The van der Waals surface area contributed by atoms with Gasteiger partial charge in [-0.2, -0.15) is 5.10 Å². The molecule has 1 aromatic heterocycles. The first-order chi connectivity index (χ1) is 11.1. The quantitative estimate of drug-likeness (QED) is 0.896. The monoisotopic (exact) mass is 352 g/mol. The van der Waals surface area contributed by atoms with Crippen LogP contribution < -0.4 is 5.73 Å². The topological polar surface area (TPSA) is 47.1 Å². The number of rotatable bonds is 5. The Morgan fingerprint density at radius 3 is 2.96 bits per heavy atom. The third-order valence-electron chi connectivity index (χ3n) is 3.94. The van der Waals surface area contributed by atoms with Crippen LogP contribution in [0, 0.1) is 5.82 Å². The van der Waals surface area contributed by atoms with Gasteiger partial charge < -0.3 is 10.6 Å². The average Bonchev–Trinajstić information content (AvgIpc) is 3.11. The van der Waals surface area contributed by atoms with Gasteiger partial charge in [0.05, 0.1) is 16.9 Å². The molecule has 1 aromatic carbocycles. The van der Waals surface area contributed by atoms with Crippen molar-refractivity contribution in [3.05, 3.63) is 64.2 Å². The molecule has 1 unspecified atom stereocenters. The maximum atomic E-state index is 13.4. The number of nitrogens with zero attached hydrogens (tertiary/aromatic N) is 3. The molecule has 1 aliphatic heterocycles. The molecule has 1 aliphatic rings. The number of hydrogen-bond donors (Lipinski definition) is 1. The van der Waals surface area contributed by atoms with Gasteiger partial charge in [-0.15, -0.1) is 11.8 Å². The van der Waals surface area contributed by atoms with Gasteiger partial charge in [-0.3, -0.25) is 4.68 Å². The first kappa shape index (κ1) is 16.4.